The molecule has 1 saturated carbocycles. The highest BCUT2D eigenvalue weighted by atomic mass is 16.2. The Labute approximate surface area is 154 Å². The molecule has 0 bridgehead atoms. The van der Waals surface area contributed by atoms with Crippen molar-refractivity contribution in [3.63, 3.8) is 0 Å². The largest absolute Gasteiger partial charge is 0.345 e. The lowest BCUT2D eigenvalue weighted by Crippen LogP contribution is -2.54. The topological polar surface area (TPSA) is 69.7 Å². The highest BCUT2D eigenvalue weighted by Gasteiger charge is 2.31. The zero-order valence-corrected chi connectivity index (χ0v) is 15.7. The van der Waals surface area contributed by atoms with Crippen LogP contribution in [-0.4, -0.2) is 59.7 Å². The predicted octanol–water partition coefficient (Wildman–Crippen LogP) is 1.55. The van der Waals surface area contributed by atoms with Gasteiger partial charge < -0.3 is 15.1 Å². The molecule has 2 aliphatic rings. The van der Waals surface area contributed by atoms with Gasteiger partial charge in [0.1, 0.15) is 0 Å². The van der Waals surface area contributed by atoms with E-state index >= 15 is 0 Å². The molecule has 1 aromatic rings. The number of nitrogens with one attached hydrogen (secondary N) is 1. The van der Waals surface area contributed by atoms with E-state index in [1.54, 1.807) is 4.90 Å². The zero-order chi connectivity index (χ0) is 18.9. The van der Waals surface area contributed by atoms with Crippen molar-refractivity contribution in [2.24, 2.45) is 0 Å². The van der Waals surface area contributed by atoms with Crippen molar-refractivity contribution in [1.82, 2.24) is 15.1 Å². The first kappa shape index (κ1) is 18.4. The van der Waals surface area contributed by atoms with Gasteiger partial charge in [0, 0.05) is 37.8 Å². The van der Waals surface area contributed by atoms with Crippen molar-refractivity contribution in [3.8, 4) is 0 Å². The summed E-state index contributed by atoms with van der Waals surface area (Å²) in [7, 11) is 0. The number of rotatable bonds is 2. The van der Waals surface area contributed by atoms with E-state index < -0.39 is 11.8 Å². The summed E-state index contributed by atoms with van der Waals surface area (Å²) in [4.78, 5) is 40.0. The van der Waals surface area contributed by atoms with Crippen LogP contribution in [0.25, 0.3) is 0 Å². The van der Waals surface area contributed by atoms with Crippen LogP contribution in [0.4, 0.5) is 0 Å². The molecule has 6 nitrogen and oxygen atoms in total. The van der Waals surface area contributed by atoms with Crippen LogP contribution in [0.5, 0.6) is 0 Å². The molecule has 1 aliphatic heterocycles. The van der Waals surface area contributed by atoms with Gasteiger partial charge in [0.25, 0.3) is 5.91 Å². The molecule has 0 spiro atoms. The number of benzene rings is 1. The van der Waals surface area contributed by atoms with Crippen molar-refractivity contribution >= 4 is 17.7 Å². The van der Waals surface area contributed by atoms with Crippen molar-refractivity contribution in [3.05, 3.63) is 35.4 Å². The van der Waals surface area contributed by atoms with Crippen LogP contribution >= 0.6 is 0 Å². The molecule has 26 heavy (non-hydrogen) atoms. The summed E-state index contributed by atoms with van der Waals surface area (Å²) < 4.78 is 0. The Morgan fingerprint density at radius 1 is 0.923 bits per heavy atom. The second kappa shape index (κ2) is 7.09. The number of hydrogen-bond donors (Lipinski definition) is 1. The van der Waals surface area contributed by atoms with Crippen molar-refractivity contribution in [1.29, 1.82) is 0 Å². The maximum Gasteiger partial charge on any atom is 0.312 e. The van der Waals surface area contributed by atoms with Crippen molar-refractivity contribution < 1.29 is 14.4 Å². The minimum atomic E-state index is -0.523. The monoisotopic (exact) mass is 357 g/mol. The van der Waals surface area contributed by atoms with Crippen LogP contribution < -0.4 is 5.32 Å². The molecular formula is C20H27N3O3. The van der Waals surface area contributed by atoms with E-state index in [1.165, 1.54) is 10.5 Å². The number of hydrogen-bond acceptors (Lipinski definition) is 3. The number of nitrogens with zero attached hydrogens (tertiary/aromatic N) is 2. The first-order chi connectivity index (χ1) is 12.3. The van der Waals surface area contributed by atoms with Crippen LogP contribution in [-0.2, 0) is 15.0 Å². The molecule has 6 heteroatoms. The van der Waals surface area contributed by atoms with Gasteiger partial charge in [-0.25, -0.2) is 0 Å². The Morgan fingerprint density at radius 3 is 1.96 bits per heavy atom. The number of carbonyl (C=O) groups excluding carboxylic acids is 3. The minimum absolute atomic E-state index is 0.0278. The lowest BCUT2D eigenvalue weighted by Gasteiger charge is -2.34. The van der Waals surface area contributed by atoms with Crippen molar-refractivity contribution in [2.45, 2.75) is 45.1 Å². The number of carbonyl (C=O) groups is 3. The Bertz CT molecular complexity index is 694. The second-order valence-electron chi connectivity index (χ2n) is 8.16. The Morgan fingerprint density at radius 2 is 1.46 bits per heavy atom. The SMILES string of the molecule is CC(C)(C)c1ccc(C(=O)N2CCN(C(=O)C(=O)NC3CC3)CC2)cc1. The highest BCUT2D eigenvalue weighted by molar-refractivity contribution is 6.35. The maximum atomic E-state index is 12.7. The standard InChI is InChI=1S/C20H27N3O3/c1-20(2,3)15-6-4-14(5-7-15)18(25)22-10-12-23(13-11-22)19(26)17(24)21-16-8-9-16/h4-7,16H,8-13H2,1-3H3,(H,21,24). The van der Waals surface area contributed by atoms with Crippen LogP contribution in [0.3, 0.4) is 0 Å². The predicted molar refractivity (Wildman–Crippen MR) is 98.8 cm³/mol. The smallest absolute Gasteiger partial charge is 0.312 e. The van der Waals surface area contributed by atoms with E-state index in [0.717, 1.165) is 12.8 Å². The fraction of sp³-hybridized carbons (Fsp3) is 0.550. The summed E-state index contributed by atoms with van der Waals surface area (Å²) in [5, 5.41) is 2.72. The van der Waals surface area contributed by atoms with Crippen molar-refractivity contribution in [2.75, 3.05) is 26.2 Å². The third-order valence-electron chi connectivity index (χ3n) is 4.96. The van der Waals surface area contributed by atoms with Gasteiger partial charge in [0.15, 0.2) is 0 Å². The third kappa shape index (κ3) is 4.23. The fourth-order valence-electron chi connectivity index (χ4n) is 3.03. The average molecular weight is 357 g/mol. The molecule has 3 amide bonds. The van der Waals surface area contributed by atoms with E-state index in [1.807, 2.05) is 24.3 Å². The molecule has 140 valence electrons. The Kier molecular flexibility index (Phi) is 5.03. The van der Waals surface area contributed by atoms with Crippen LogP contribution in [0.2, 0.25) is 0 Å². The van der Waals surface area contributed by atoms with E-state index in [-0.39, 0.29) is 17.4 Å². The normalized spacial score (nSPS) is 17.8. The summed E-state index contributed by atoms with van der Waals surface area (Å²) in [6.07, 6.45) is 1.91. The zero-order valence-electron chi connectivity index (χ0n) is 15.7. The number of amides is 3. The third-order valence-corrected chi connectivity index (χ3v) is 4.96. The minimum Gasteiger partial charge on any atom is -0.345 e. The van der Waals surface area contributed by atoms with E-state index in [9.17, 15) is 14.4 Å². The molecule has 0 aromatic heterocycles. The molecule has 0 unspecified atom stereocenters. The summed E-state index contributed by atoms with van der Waals surface area (Å²) in [5.74, 6) is -1.04. The van der Waals surface area contributed by atoms with Gasteiger partial charge in [0.05, 0.1) is 0 Å². The fourth-order valence-corrected chi connectivity index (χ4v) is 3.03. The molecule has 1 aliphatic carbocycles. The lowest BCUT2D eigenvalue weighted by atomic mass is 9.86. The molecule has 3 rings (SSSR count). The van der Waals surface area contributed by atoms with Gasteiger partial charge in [0.2, 0.25) is 0 Å². The van der Waals surface area contributed by atoms with Gasteiger partial charge in [-0.05, 0) is 36.0 Å². The lowest BCUT2D eigenvalue weighted by molar-refractivity contribution is -0.146. The molecule has 2 fully saturated rings. The molecule has 0 atom stereocenters. The summed E-state index contributed by atoms with van der Waals surface area (Å²) in [5.41, 5.74) is 1.89. The van der Waals surface area contributed by atoms with Gasteiger partial charge in [-0.15, -0.1) is 0 Å². The first-order valence-corrected chi connectivity index (χ1v) is 9.25. The maximum absolute atomic E-state index is 12.7. The van der Waals surface area contributed by atoms with Gasteiger partial charge >= 0.3 is 11.8 Å². The summed E-state index contributed by atoms with van der Waals surface area (Å²) in [6.45, 7) is 8.09. The van der Waals surface area contributed by atoms with Gasteiger partial charge in [-0.1, -0.05) is 32.9 Å². The average Bonchev–Trinajstić information content (AvgIpc) is 3.44. The number of piperazine rings is 1. The van der Waals surface area contributed by atoms with Crippen LogP contribution in [0, 0.1) is 0 Å². The van der Waals surface area contributed by atoms with Gasteiger partial charge in [-0.2, -0.15) is 0 Å². The Hall–Kier alpha value is -2.37. The van der Waals surface area contributed by atoms with E-state index in [2.05, 4.69) is 26.1 Å². The molecule has 1 heterocycles. The second-order valence-corrected chi connectivity index (χ2v) is 8.16. The quantitative estimate of drug-likeness (QED) is 0.817. The Balaban J connectivity index is 1.54. The first-order valence-electron chi connectivity index (χ1n) is 9.25. The van der Waals surface area contributed by atoms with Crippen LogP contribution in [0.1, 0.15) is 49.5 Å². The molecule has 1 N–H and O–H groups in total. The van der Waals surface area contributed by atoms with Crippen LogP contribution in [0.15, 0.2) is 24.3 Å². The molecule has 1 aromatic carbocycles. The molecular weight excluding hydrogens is 330 g/mol. The van der Waals surface area contributed by atoms with E-state index in [4.69, 9.17) is 0 Å². The highest BCUT2D eigenvalue weighted by Crippen LogP contribution is 2.23. The summed E-state index contributed by atoms with van der Waals surface area (Å²) in [6, 6.07) is 7.89. The van der Waals surface area contributed by atoms with Gasteiger partial charge in [-0.3, -0.25) is 14.4 Å². The van der Waals surface area contributed by atoms with E-state index in [0.29, 0.717) is 31.7 Å². The summed E-state index contributed by atoms with van der Waals surface area (Å²) >= 11 is 0. The molecule has 0 radical (unpaired) electrons. The molecule has 1 saturated heterocycles.